The molecule has 0 saturated heterocycles. The van der Waals surface area contributed by atoms with Gasteiger partial charge in [-0.15, -0.1) is 0 Å². The topological polar surface area (TPSA) is 114 Å². The maximum atomic E-state index is 13.5. The van der Waals surface area contributed by atoms with Crippen LogP contribution >= 0.6 is 7.82 Å². The fourth-order valence-electron chi connectivity index (χ4n) is 7.70. The van der Waals surface area contributed by atoms with Crippen LogP contribution in [0.4, 0.5) is 0 Å². The van der Waals surface area contributed by atoms with Crippen molar-refractivity contribution in [2.75, 3.05) is 40.9 Å². The summed E-state index contributed by atoms with van der Waals surface area (Å²) in [5.74, 6) is -0.616. The van der Waals surface area contributed by atoms with Gasteiger partial charge in [-0.2, -0.15) is 0 Å². The highest BCUT2D eigenvalue weighted by molar-refractivity contribution is 7.45. The van der Waals surface area contributed by atoms with Crippen LogP contribution in [0.2, 0.25) is 0 Å². The summed E-state index contributed by atoms with van der Waals surface area (Å²) < 4.78 is 30.2. The highest BCUT2D eigenvalue weighted by Crippen LogP contribution is 2.38. The number of phosphoric acid groups is 1. The minimum absolute atomic E-state index is 0.0399. The predicted molar refractivity (Wildman–Crippen MR) is 316 cm³/mol. The lowest BCUT2D eigenvalue weighted by molar-refractivity contribution is -0.870. The molecule has 0 aromatic carbocycles. The summed E-state index contributed by atoms with van der Waals surface area (Å²) in [5, 5.41) is 2.99. The largest absolute Gasteiger partial charge is 0.756 e. The van der Waals surface area contributed by atoms with Gasteiger partial charge in [-0.25, -0.2) is 0 Å². The first-order valence-corrected chi connectivity index (χ1v) is 30.8. The average molecular weight is 1050 g/mol. The van der Waals surface area contributed by atoms with Gasteiger partial charge in [-0.05, 0) is 102 Å². The van der Waals surface area contributed by atoms with Crippen molar-refractivity contribution < 1.29 is 37.3 Å². The minimum Gasteiger partial charge on any atom is -0.756 e. The molecule has 0 rings (SSSR count). The molecule has 0 aliphatic rings. The van der Waals surface area contributed by atoms with E-state index in [9.17, 15) is 19.0 Å². The third-order valence-electron chi connectivity index (χ3n) is 12.2. The number of nitrogens with zero attached hydrogens (tertiary/aromatic N) is 1. The van der Waals surface area contributed by atoms with Crippen molar-refractivity contribution in [2.45, 2.75) is 232 Å². The fraction of sp³-hybridized carbons (Fsp3) is 0.656. The van der Waals surface area contributed by atoms with E-state index < -0.39 is 26.6 Å². The van der Waals surface area contributed by atoms with E-state index in [-0.39, 0.29) is 31.3 Å². The zero-order valence-corrected chi connectivity index (χ0v) is 48.9. The van der Waals surface area contributed by atoms with Crippen LogP contribution in [0.5, 0.6) is 0 Å². The lowest BCUT2D eigenvalue weighted by Crippen LogP contribution is -2.47. The summed E-state index contributed by atoms with van der Waals surface area (Å²) in [6, 6.07) is -0.924. The molecule has 0 aromatic rings. The zero-order chi connectivity index (χ0) is 54.3. The molecule has 74 heavy (non-hydrogen) atoms. The van der Waals surface area contributed by atoms with Gasteiger partial charge in [-0.3, -0.25) is 14.2 Å². The Hall–Kier alpha value is -3.59. The van der Waals surface area contributed by atoms with Crippen LogP contribution in [0.3, 0.4) is 0 Å². The van der Waals surface area contributed by atoms with Gasteiger partial charge in [0.1, 0.15) is 19.3 Å². The molecule has 0 aliphatic carbocycles. The Labute approximate surface area is 454 Å². The van der Waals surface area contributed by atoms with E-state index in [4.69, 9.17) is 13.8 Å². The molecule has 3 unspecified atom stereocenters. The van der Waals surface area contributed by atoms with Gasteiger partial charge in [0.2, 0.25) is 5.91 Å². The minimum atomic E-state index is -4.72. The summed E-state index contributed by atoms with van der Waals surface area (Å²) in [5.41, 5.74) is 0. The third-order valence-corrected chi connectivity index (χ3v) is 13.2. The van der Waals surface area contributed by atoms with Crippen molar-refractivity contribution in [3.05, 3.63) is 122 Å². The number of allylic oxidation sites excluding steroid dienone is 19. The number of quaternary nitrogens is 1. The molecule has 1 N–H and O–H groups in total. The first-order chi connectivity index (χ1) is 35.9. The number of hydrogen-bond acceptors (Lipinski definition) is 7. The SMILES string of the molecule is CC/C=C\C/C=C\C/C=C\C/C=C\C/C=C\C/C=C\CCCCC(=O)NC(COP(=O)([O-])OCC[N+](C)(C)C)C(/C=C\CCCCCCCCCCCC)OC(=O)CCCCCCCCC/C=C/C=C/C=C/CC. The number of phosphoric ester groups is 1. The first kappa shape index (κ1) is 70.4. The van der Waals surface area contributed by atoms with E-state index in [1.165, 1.54) is 70.6 Å². The molecular weight excluding hydrogens is 940 g/mol. The maximum absolute atomic E-state index is 13.5. The van der Waals surface area contributed by atoms with Gasteiger partial charge in [0.05, 0.1) is 33.8 Å². The predicted octanol–water partition coefficient (Wildman–Crippen LogP) is 17.3. The number of unbranched alkanes of at least 4 members (excludes halogenated alkanes) is 19. The molecular formula is C64H109N2O7P. The van der Waals surface area contributed by atoms with Gasteiger partial charge in [0, 0.05) is 12.8 Å². The first-order valence-electron chi connectivity index (χ1n) is 29.4. The van der Waals surface area contributed by atoms with Crippen molar-refractivity contribution in [3.8, 4) is 0 Å². The van der Waals surface area contributed by atoms with E-state index in [0.29, 0.717) is 23.9 Å². The molecule has 1 amide bonds. The van der Waals surface area contributed by atoms with Gasteiger partial charge in [0.25, 0.3) is 7.82 Å². The molecule has 0 fully saturated rings. The number of nitrogens with one attached hydrogen (secondary N) is 1. The van der Waals surface area contributed by atoms with E-state index in [1.54, 1.807) is 0 Å². The quantitative estimate of drug-likeness (QED) is 0.0161. The number of esters is 1. The van der Waals surface area contributed by atoms with Gasteiger partial charge in [-0.1, -0.05) is 226 Å². The summed E-state index contributed by atoms with van der Waals surface area (Å²) >= 11 is 0. The highest BCUT2D eigenvalue weighted by Gasteiger charge is 2.27. The van der Waals surface area contributed by atoms with Crippen LogP contribution in [-0.2, 0) is 27.9 Å². The smallest absolute Gasteiger partial charge is 0.306 e. The molecule has 0 radical (unpaired) electrons. The second-order valence-corrected chi connectivity index (χ2v) is 21.9. The van der Waals surface area contributed by atoms with Gasteiger partial charge >= 0.3 is 5.97 Å². The van der Waals surface area contributed by atoms with Crippen LogP contribution in [0, 0.1) is 0 Å². The lowest BCUT2D eigenvalue weighted by Gasteiger charge is -2.30. The monoisotopic (exact) mass is 1050 g/mol. The van der Waals surface area contributed by atoms with E-state index in [0.717, 1.165) is 103 Å². The molecule has 0 aliphatic heterocycles. The van der Waals surface area contributed by atoms with Crippen molar-refractivity contribution in [1.29, 1.82) is 0 Å². The molecule has 10 heteroatoms. The second kappa shape index (κ2) is 52.8. The Morgan fingerprint density at radius 1 is 0.500 bits per heavy atom. The standard InChI is InChI=1S/C64H109N2O7P/c1-7-10-13-16-19-22-25-28-30-31-32-33-34-35-37-38-41-44-47-50-53-56-63(67)65-61(60-72-74(69,70)71-59-58-66(4,5)6)62(55-52-49-46-43-40-27-24-21-18-15-12-9-3)73-64(68)57-54-51-48-45-42-39-36-29-26-23-20-17-14-11-8-2/h10-11,13-14,17,19-20,22-23,26,28,30,32-33,35,37,41,44,52,55,61-62H,7-9,12,15-16,18,21,24-25,27,29,31,34,36,38-40,42-43,45-51,53-54,56-60H2,1-6H3,(H-,65,67,69,70)/b13-10-,14-11+,20-17+,22-19-,26-23+,30-28-,33-32-,37-35-,44-41-,55-52-. The number of ether oxygens (including phenoxy) is 1. The average Bonchev–Trinajstić information content (AvgIpc) is 3.36. The van der Waals surface area contributed by atoms with Crippen LogP contribution in [0.15, 0.2) is 122 Å². The summed E-state index contributed by atoms with van der Waals surface area (Å²) in [6.45, 7) is 6.53. The van der Waals surface area contributed by atoms with Crippen LogP contribution in [0.25, 0.3) is 0 Å². The number of likely N-dealkylation sites (N-methyl/N-ethyl adjacent to an activating group) is 1. The summed E-state index contributed by atoms with van der Waals surface area (Å²) in [4.78, 5) is 39.9. The maximum Gasteiger partial charge on any atom is 0.306 e. The van der Waals surface area contributed by atoms with E-state index >= 15 is 0 Å². The highest BCUT2D eigenvalue weighted by atomic mass is 31.2. The molecule has 0 saturated carbocycles. The summed E-state index contributed by atoms with van der Waals surface area (Å²) in [6.07, 6.45) is 73.1. The van der Waals surface area contributed by atoms with Crippen LogP contribution in [-0.4, -0.2) is 69.4 Å². The molecule has 0 heterocycles. The molecule has 0 bridgehead atoms. The van der Waals surface area contributed by atoms with Crippen molar-refractivity contribution in [2.24, 2.45) is 0 Å². The normalized spacial score (nSPS) is 14.6. The van der Waals surface area contributed by atoms with Gasteiger partial charge in [0.15, 0.2) is 0 Å². The Bertz CT molecular complexity index is 1680. The number of hydrogen-bond donors (Lipinski definition) is 1. The van der Waals surface area contributed by atoms with E-state index in [2.05, 4.69) is 135 Å². The van der Waals surface area contributed by atoms with E-state index in [1.807, 2.05) is 33.3 Å². The Kier molecular flexibility index (Phi) is 50.3. The zero-order valence-electron chi connectivity index (χ0n) is 48.0. The Morgan fingerprint density at radius 3 is 1.46 bits per heavy atom. The Morgan fingerprint density at radius 2 is 0.932 bits per heavy atom. The molecule has 9 nitrogen and oxygen atoms in total. The molecule has 3 atom stereocenters. The number of carbonyl (C=O) groups is 2. The van der Waals surface area contributed by atoms with Crippen LogP contribution < -0.4 is 10.2 Å². The summed E-state index contributed by atoms with van der Waals surface area (Å²) in [7, 11) is 1.13. The molecule has 422 valence electrons. The molecule has 0 spiro atoms. The third kappa shape index (κ3) is 53.2. The lowest BCUT2D eigenvalue weighted by atomic mass is 10.0. The van der Waals surface area contributed by atoms with Gasteiger partial charge < -0.3 is 28.5 Å². The molecule has 0 aromatic heterocycles. The second-order valence-electron chi connectivity index (χ2n) is 20.4. The fourth-order valence-corrected chi connectivity index (χ4v) is 8.42. The number of rotatable bonds is 51. The van der Waals surface area contributed by atoms with Crippen molar-refractivity contribution in [3.63, 3.8) is 0 Å². The Balaban J connectivity index is 5.41. The van der Waals surface area contributed by atoms with Crippen molar-refractivity contribution in [1.82, 2.24) is 5.32 Å². The number of amides is 1. The van der Waals surface area contributed by atoms with Crippen molar-refractivity contribution >= 4 is 19.7 Å². The number of carbonyl (C=O) groups excluding carboxylic acids is 2. The van der Waals surface area contributed by atoms with Crippen LogP contribution in [0.1, 0.15) is 220 Å².